The van der Waals surface area contributed by atoms with Gasteiger partial charge in [-0.2, -0.15) is 0 Å². The van der Waals surface area contributed by atoms with E-state index in [4.69, 9.17) is 9.47 Å². The van der Waals surface area contributed by atoms with Gasteiger partial charge in [-0.15, -0.1) is 0 Å². The van der Waals surface area contributed by atoms with Gasteiger partial charge in [-0.25, -0.2) is 4.79 Å². The number of benzene rings is 2. The van der Waals surface area contributed by atoms with Gasteiger partial charge in [-0.05, 0) is 61.1 Å². The number of hydrogen-bond donors (Lipinski definition) is 1. The number of likely N-dealkylation sites (tertiary alicyclic amines) is 1. The van der Waals surface area contributed by atoms with Gasteiger partial charge in [0, 0.05) is 36.6 Å². The molecule has 1 aromatic heterocycles. The SMILES string of the molecule is COc1ccc2[nH]cc(C3CCN(C(=O)C4(C)Cc5ccccc5C(=O)O4)CC3)c2c1. The molecule has 5 rings (SSSR count). The number of nitrogens with zero attached hydrogens (tertiary/aromatic N) is 1. The summed E-state index contributed by atoms with van der Waals surface area (Å²) in [6, 6.07) is 13.4. The lowest BCUT2D eigenvalue weighted by atomic mass is 9.86. The van der Waals surface area contributed by atoms with Gasteiger partial charge in [0.05, 0.1) is 12.7 Å². The number of aromatic amines is 1. The fraction of sp³-hybridized carbons (Fsp3) is 0.360. The highest BCUT2D eigenvalue weighted by Crippen LogP contribution is 2.36. The van der Waals surface area contributed by atoms with E-state index in [1.807, 2.05) is 35.2 Å². The van der Waals surface area contributed by atoms with Crippen molar-refractivity contribution in [1.29, 1.82) is 0 Å². The van der Waals surface area contributed by atoms with E-state index < -0.39 is 11.6 Å². The first-order chi connectivity index (χ1) is 15.0. The number of H-pyrrole nitrogens is 1. The number of hydrogen-bond acceptors (Lipinski definition) is 4. The standard InChI is InChI=1S/C25H26N2O4/c1-25(14-17-5-3-4-6-19(17)23(28)31-25)24(29)27-11-9-16(10-12-27)21-15-26-22-8-7-18(30-2)13-20(21)22/h3-8,13,15-16,26H,9-12,14H2,1-2H3. The second-order valence-corrected chi connectivity index (χ2v) is 8.68. The number of rotatable bonds is 3. The second-order valence-electron chi connectivity index (χ2n) is 8.68. The molecule has 0 aliphatic carbocycles. The van der Waals surface area contributed by atoms with Crippen LogP contribution in [-0.4, -0.2) is 47.6 Å². The molecule has 2 aliphatic heterocycles. The molecule has 6 nitrogen and oxygen atoms in total. The minimum Gasteiger partial charge on any atom is -0.497 e. The first-order valence-electron chi connectivity index (χ1n) is 10.7. The molecule has 1 atom stereocenters. The highest BCUT2D eigenvalue weighted by molar-refractivity contribution is 5.97. The number of amides is 1. The summed E-state index contributed by atoms with van der Waals surface area (Å²) < 4.78 is 11.0. The molecule has 0 bridgehead atoms. The van der Waals surface area contributed by atoms with Crippen molar-refractivity contribution in [2.24, 2.45) is 0 Å². The Morgan fingerprint density at radius 3 is 2.74 bits per heavy atom. The normalized spacial score (nSPS) is 21.6. The lowest BCUT2D eigenvalue weighted by Crippen LogP contribution is -2.54. The van der Waals surface area contributed by atoms with E-state index in [1.165, 1.54) is 10.9 Å². The van der Waals surface area contributed by atoms with Crippen LogP contribution in [0.4, 0.5) is 0 Å². The quantitative estimate of drug-likeness (QED) is 0.652. The molecule has 3 heterocycles. The third-order valence-corrected chi connectivity index (χ3v) is 6.68. The van der Waals surface area contributed by atoms with E-state index in [-0.39, 0.29) is 5.91 Å². The highest BCUT2D eigenvalue weighted by atomic mass is 16.6. The maximum atomic E-state index is 13.3. The van der Waals surface area contributed by atoms with E-state index in [0.717, 1.165) is 29.7 Å². The molecule has 1 amide bonds. The molecular weight excluding hydrogens is 392 g/mol. The minimum absolute atomic E-state index is 0.102. The van der Waals surface area contributed by atoms with Crippen LogP contribution in [0.5, 0.6) is 5.75 Å². The number of esters is 1. The maximum absolute atomic E-state index is 13.3. The Morgan fingerprint density at radius 1 is 1.19 bits per heavy atom. The summed E-state index contributed by atoms with van der Waals surface area (Å²) in [6.07, 6.45) is 4.23. The zero-order chi connectivity index (χ0) is 21.6. The van der Waals surface area contributed by atoms with Crippen molar-refractivity contribution in [2.45, 2.75) is 37.7 Å². The van der Waals surface area contributed by atoms with E-state index in [2.05, 4.69) is 17.2 Å². The van der Waals surface area contributed by atoms with Crippen LogP contribution in [0.15, 0.2) is 48.7 Å². The molecular formula is C25H26N2O4. The van der Waals surface area contributed by atoms with Gasteiger partial charge in [0.15, 0.2) is 5.60 Å². The summed E-state index contributed by atoms with van der Waals surface area (Å²) in [7, 11) is 1.68. The van der Waals surface area contributed by atoms with Gasteiger partial charge in [0.25, 0.3) is 5.91 Å². The maximum Gasteiger partial charge on any atom is 0.339 e. The third-order valence-electron chi connectivity index (χ3n) is 6.68. The van der Waals surface area contributed by atoms with Gasteiger partial charge >= 0.3 is 5.97 Å². The average Bonchev–Trinajstić information content (AvgIpc) is 3.21. The number of cyclic esters (lactones) is 1. The summed E-state index contributed by atoms with van der Waals surface area (Å²) in [5, 5.41) is 1.17. The topological polar surface area (TPSA) is 71.6 Å². The lowest BCUT2D eigenvalue weighted by molar-refractivity contribution is -0.152. The van der Waals surface area contributed by atoms with Crippen molar-refractivity contribution in [3.63, 3.8) is 0 Å². The number of nitrogens with one attached hydrogen (secondary N) is 1. The van der Waals surface area contributed by atoms with Crippen molar-refractivity contribution in [2.75, 3.05) is 20.2 Å². The van der Waals surface area contributed by atoms with Gasteiger partial charge < -0.3 is 19.4 Å². The molecule has 160 valence electrons. The number of carbonyl (C=O) groups is 2. The zero-order valence-corrected chi connectivity index (χ0v) is 17.8. The minimum atomic E-state index is -1.15. The number of piperidine rings is 1. The Hall–Kier alpha value is -3.28. The second kappa shape index (κ2) is 7.45. The van der Waals surface area contributed by atoms with Gasteiger partial charge in [0.1, 0.15) is 5.75 Å². The largest absolute Gasteiger partial charge is 0.497 e. The molecule has 6 heteroatoms. The van der Waals surface area contributed by atoms with Crippen molar-refractivity contribution < 1.29 is 19.1 Å². The highest BCUT2D eigenvalue weighted by Gasteiger charge is 2.45. The molecule has 2 aromatic carbocycles. The average molecular weight is 418 g/mol. The van der Waals surface area contributed by atoms with E-state index in [1.54, 1.807) is 20.1 Å². The van der Waals surface area contributed by atoms with Crippen LogP contribution >= 0.6 is 0 Å². The molecule has 1 N–H and O–H groups in total. The predicted molar refractivity (Wildman–Crippen MR) is 117 cm³/mol. The van der Waals surface area contributed by atoms with Crippen molar-refractivity contribution in [3.8, 4) is 5.75 Å². The van der Waals surface area contributed by atoms with Gasteiger partial charge in [0.2, 0.25) is 0 Å². The molecule has 31 heavy (non-hydrogen) atoms. The first-order valence-corrected chi connectivity index (χ1v) is 10.7. The van der Waals surface area contributed by atoms with Crippen molar-refractivity contribution in [3.05, 3.63) is 65.4 Å². The van der Waals surface area contributed by atoms with Crippen LogP contribution < -0.4 is 4.74 Å². The van der Waals surface area contributed by atoms with E-state index in [0.29, 0.717) is 31.0 Å². The fourth-order valence-electron chi connectivity index (χ4n) is 4.97. The van der Waals surface area contributed by atoms with Crippen LogP contribution in [0.1, 0.15) is 47.2 Å². The van der Waals surface area contributed by atoms with Crippen LogP contribution in [-0.2, 0) is 16.0 Å². The van der Waals surface area contributed by atoms with Crippen LogP contribution in [0.2, 0.25) is 0 Å². The van der Waals surface area contributed by atoms with Gasteiger partial charge in [-0.1, -0.05) is 18.2 Å². The lowest BCUT2D eigenvalue weighted by Gasteiger charge is -2.40. The fourth-order valence-corrected chi connectivity index (χ4v) is 4.97. The van der Waals surface area contributed by atoms with Crippen LogP contribution in [0, 0.1) is 0 Å². The zero-order valence-electron chi connectivity index (χ0n) is 17.8. The molecule has 0 spiro atoms. The van der Waals surface area contributed by atoms with Crippen LogP contribution in [0.3, 0.4) is 0 Å². The number of fused-ring (bicyclic) bond motifs is 2. The molecule has 1 fully saturated rings. The van der Waals surface area contributed by atoms with E-state index >= 15 is 0 Å². The van der Waals surface area contributed by atoms with Gasteiger partial charge in [-0.3, -0.25) is 4.79 Å². The summed E-state index contributed by atoms with van der Waals surface area (Å²) in [4.78, 5) is 31.0. The summed E-state index contributed by atoms with van der Waals surface area (Å²) >= 11 is 0. The number of carbonyl (C=O) groups excluding carboxylic acids is 2. The van der Waals surface area contributed by atoms with E-state index in [9.17, 15) is 9.59 Å². The predicted octanol–water partition coefficient (Wildman–Crippen LogP) is 4.05. The molecule has 0 radical (unpaired) electrons. The molecule has 3 aromatic rings. The number of aromatic nitrogens is 1. The number of methoxy groups -OCH3 is 1. The molecule has 0 saturated carbocycles. The van der Waals surface area contributed by atoms with Crippen LogP contribution in [0.25, 0.3) is 10.9 Å². The monoisotopic (exact) mass is 418 g/mol. The number of ether oxygens (including phenoxy) is 2. The Bertz CT molecular complexity index is 1160. The Balaban J connectivity index is 1.31. The molecule has 1 saturated heterocycles. The third kappa shape index (κ3) is 3.36. The summed E-state index contributed by atoms with van der Waals surface area (Å²) in [5.74, 6) is 0.690. The van der Waals surface area contributed by atoms with Crippen molar-refractivity contribution >= 4 is 22.8 Å². The smallest absolute Gasteiger partial charge is 0.339 e. The Labute approximate surface area is 181 Å². The summed E-state index contributed by atoms with van der Waals surface area (Å²) in [6.45, 7) is 3.03. The molecule has 1 unspecified atom stereocenters. The first kappa shape index (κ1) is 19.7. The van der Waals surface area contributed by atoms with Crippen molar-refractivity contribution in [1.82, 2.24) is 9.88 Å². The molecule has 2 aliphatic rings. The Kier molecular flexibility index (Phi) is 4.73. The summed E-state index contributed by atoms with van der Waals surface area (Å²) in [5.41, 5.74) is 2.64. The Morgan fingerprint density at radius 2 is 1.97 bits per heavy atom.